The molecule has 3 aromatic rings. The molecule has 0 radical (unpaired) electrons. The molecule has 7 nitrogen and oxygen atoms in total. The van der Waals surface area contributed by atoms with E-state index in [4.69, 9.17) is 4.74 Å². The minimum absolute atomic E-state index is 0.143. The van der Waals surface area contributed by atoms with E-state index in [9.17, 15) is 18.0 Å². The number of fused-ring (bicyclic) bond motifs is 1. The van der Waals surface area contributed by atoms with Gasteiger partial charge in [0.25, 0.3) is 5.91 Å². The van der Waals surface area contributed by atoms with Crippen LogP contribution in [0.5, 0.6) is 0 Å². The lowest BCUT2D eigenvalue weighted by Crippen LogP contribution is -2.22. The van der Waals surface area contributed by atoms with E-state index in [2.05, 4.69) is 4.99 Å². The van der Waals surface area contributed by atoms with Crippen molar-refractivity contribution >= 4 is 60.7 Å². The van der Waals surface area contributed by atoms with Crippen molar-refractivity contribution in [3.05, 3.63) is 51.5 Å². The van der Waals surface area contributed by atoms with Crippen molar-refractivity contribution in [3.63, 3.8) is 0 Å². The number of nitrogens with zero attached hydrogens (tertiary/aromatic N) is 2. The first-order chi connectivity index (χ1) is 13.3. The van der Waals surface area contributed by atoms with Gasteiger partial charge in [-0.3, -0.25) is 9.59 Å². The monoisotopic (exact) mass is 436 g/mol. The van der Waals surface area contributed by atoms with E-state index in [0.29, 0.717) is 10.2 Å². The summed E-state index contributed by atoms with van der Waals surface area (Å²) in [6, 6.07) is 8.31. The van der Waals surface area contributed by atoms with Crippen molar-refractivity contribution in [2.75, 3.05) is 13.4 Å². The first kappa shape index (κ1) is 20.2. The summed E-state index contributed by atoms with van der Waals surface area (Å²) in [6.45, 7) is -0.143. The fraction of sp³-hybridized carbons (Fsp3) is 0.167. The molecule has 0 saturated heterocycles. The van der Waals surface area contributed by atoms with Crippen LogP contribution in [0.15, 0.2) is 51.7 Å². The van der Waals surface area contributed by atoms with Crippen LogP contribution in [0.1, 0.15) is 4.88 Å². The topological polar surface area (TPSA) is 94.8 Å². The van der Waals surface area contributed by atoms with Crippen LogP contribution in [0.4, 0.5) is 0 Å². The maximum absolute atomic E-state index is 12.3. The second-order valence-corrected chi connectivity index (χ2v) is 9.75. The second-order valence-electron chi connectivity index (χ2n) is 5.75. The Kier molecular flexibility index (Phi) is 5.92. The van der Waals surface area contributed by atoms with Gasteiger partial charge in [-0.15, -0.1) is 11.3 Å². The quantitative estimate of drug-likeness (QED) is 0.452. The summed E-state index contributed by atoms with van der Waals surface area (Å²) in [7, 11) is -2.12. The molecule has 1 amide bonds. The third-order valence-electron chi connectivity index (χ3n) is 3.74. The maximum Gasteiger partial charge on any atom is 0.325 e. The van der Waals surface area contributed by atoms with Gasteiger partial charge in [0.2, 0.25) is 0 Å². The van der Waals surface area contributed by atoms with Gasteiger partial charge in [0.05, 0.1) is 22.2 Å². The molecule has 0 bridgehead atoms. The SMILES string of the molecule is COC(=O)Cn1c(=NC(=O)C=Cc2cccs2)sc2cc(S(C)(=O)=O)ccc21. The molecule has 0 aliphatic rings. The van der Waals surface area contributed by atoms with E-state index in [0.717, 1.165) is 22.5 Å². The van der Waals surface area contributed by atoms with Crippen molar-refractivity contribution in [3.8, 4) is 0 Å². The number of benzene rings is 1. The van der Waals surface area contributed by atoms with E-state index in [1.165, 1.54) is 41.2 Å². The molecule has 0 N–H and O–H groups in total. The van der Waals surface area contributed by atoms with Crippen molar-refractivity contribution in [1.29, 1.82) is 0 Å². The largest absolute Gasteiger partial charge is 0.468 e. The van der Waals surface area contributed by atoms with Crippen LogP contribution in [0.2, 0.25) is 0 Å². The van der Waals surface area contributed by atoms with Crippen molar-refractivity contribution < 1.29 is 22.7 Å². The summed E-state index contributed by atoms with van der Waals surface area (Å²) in [5.74, 6) is -0.989. The van der Waals surface area contributed by atoms with E-state index in [-0.39, 0.29) is 16.2 Å². The molecular weight excluding hydrogens is 420 g/mol. The van der Waals surface area contributed by atoms with Gasteiger partial charge in [-0.1, -0.05) is 17.4 Å². The maximum atomic E-state index is 12.3. The summed E-state index contributed by atoms with van der Waals surface area (Å²) < 4.78 is 30.5. The Labute approximate surface area is 169 Å². The molecule has 0 fully saturated rings. The van der Waals surface area contributed by atoms with Gasteiger partial charge in [0.15, 0.2) is 14.6 Å². The molecule has 0 saturated carbocycles. The van der Waals surface area contributed by atoms with Crippen molar-refractivity contribution in [1.82, 2.24) is 4.57 Å². The normalized spacial score (nSPS) is 12.7. The molecule has 0 aliphatic heterocycles. The number of aromatic nitrogens is 1. The predicted octanol–water partition coefficient (Wildman–Crippen LogP) is 2.48. The zero-order chi connectivity index (χ0) is 20.3. The van der Waals surface area contributed by atoms with Gasteiger partial charge in [-0.2, -0.15) is 4.99 Å². The second kappa shape index (κ2) is 8.21. The summed E-state index contributed by atoms with van der Waals surface area (Å²) >= 11 is 2.62. The zero-order valence-electron chi connectivity index (χ0n) is 15.0. The first-order valence-corrected chi connectivity index (χ1v) is 11.6. The van der Waals surface area contributed by atoms with Crippen LogP contribution in [0, 0.1) is 0 Å². The summed E-state index contributed by atoms with van der Waals surface area (Å²) in [5.41, 5.74) is 0.594. The number of amides is 1. The Morgan fingerprint density at radius 3 is 2.71 bits per heavy atom. The van der Waals surface area contributed by atoms with Gasteiger partial charge in [-0.25, -0.2) is 8.42 Å². The molecular formula is C18H16N2O5S3. The highest BCUT2D eigenvalue weighted by Gasteiger charge is 2.14. The van der Waals surface area contributed by atoms with E-state index >= 15 is 0 Å². The number of sulfone groups is 1. The Morgan fingerprint density at radius 1 is 1.29 bits per heavy atom. The molecule has 2 heterocycles. The first-order valence-electron chi connectivity index (χ1n) is 7.98. The standard InChI is InChI=1S/C18H16N2O5S3/c1-25-17(22)11-20-14-7-6-13(28(2,23)24)10-15(14)27-18(20)19-16(21)8-5-12-4-3-9-26-12/h3-10H,11H2,1-2H3. The van der Waals surface area contributed by atoms with Crippen LogP contribution in [0.25, 0.3) is 16.3 Å². The van der Waals surface area contributed by atoms with Crippen LogP contribution in [-0.2, 0) is 30.7 Å². The average molecular weight is 437 g/mol. The number of hydrogen-bond acceptors (Lipinski definition) is 7. The van der Waals surface area contributed by atoms with E-state index < -0.39 is 21.7 Å². The number of thiophene rings is 1. The number of ether oxygens (including phenoxy) is 1. The summed E-state index contributed by atoms with van der Waals surface area (Å²) in [4.78, 5) is 29.5. The van der Waals surface area contributed by atoms with E-state index in [1.54, 1.807) is 12.1 Å². The fourth-order valence-corrected chi connectivity index (χ4v) is 4.80. The molecule has 0 spiro atoms. The zero-order valence-corrected chi connectivity index (χ0v) is 17.4. The molecule has 0 aliphatic carbocycles. The smallest absolute Gasteiger partial charge is 0.325 e. The molecule has 146 valence electrons. The minimum Gasteiger partial charge on any atom is -0.468 e. The van der Waals surface area contributed by atoms with Gasteiger partial charge in [0.1, 0.15) is 6.54 Å². The number of carbonyl (C=O) groups is 2. The Hall–Kier alpha value is -2.56. The molecule has 0 atom stereocenters. The lowest BCUT2D eigenvalue weighted by atomic mass is 10.3. The van der Waals surface area contributed by atoms with Gasteiger partial charge in [0, 0.05) is 17.2 Å². The van der Waals surface area contributed by atoms with E-state index in [1.807, 2.05) is 17.5 Å². The van der Waals surface area contributed by atoms with Crippen molar-refractivity contribution in [2.24, 2.45) is 4.99 Å². The van der Waals surface area contributed by atoms with Crippen LogP contribution >= 0.6 is 22.7 Å². The van der Waals surface area contributed by atoms with Crippen LogP contribution < -0.4 is 4.80 Å². The van der Waals surface area contributed by atoms with Crippen molar-refractivity contribution in [2.45, 2.75) is 11.4 Å². The number of rotatable bonds is 5. The van der Waals surface area contributed by atoms with Crippen LogP contribution in [-0.4, -0.2) is 38.2 Å². The highest BCUT2D eigenvalue weighted by molar-refractivity contribution is 7.90. The summed E-state index contributed by atoms with van der Waals surface area (Å²) in [6.07, 6.45) is 4.13. The number of hydrogen-bond donors (Lipinski definition) is 0. The number of esters is 1. The molecule has 0 unspecified atom stereocenters. The fourth-order valence-electron chi connectivity index (χ4n) is 2.39. The predicted molar refractivity (Wildman–Crippen MR) is 109 cm³/mol. The van der Waals surface area contributed by atoms with Gasteiger partial charge < -0.3 is 9.30 Å². The van der Waals surface area contributed by atoms with Gasteiger partial charge in [-0.05, 0) is 35.7 Å². The van der Waals surface area contributed by atoms with Gasteiger partial charge >= 0.3 is 5.97 Å². The molecule has 2 aromatic heterocycles. The molecule has 10 heteroatoms. The number of methoxy groups -OCH3 is 1. The lowest BCUT2D eigenvalue weighted by Gasteiger charge is -2.04. The Balaban J connectivity index is 2.09. The molecule has 1 aromatic carbocycles. The highest BCUT2D eigenvalue weighted by atomic mass is 32.2. The highest BCUT2D eigenvalue weighted by Crippen LogP contribution is 2.22. The third-order valence-corrected chi connectivity index (χ3v) is 6.73. The average Bonchev–Trinajstić information content (AvgIpc) is 3.27. The van der Waals surface area contributed by atoms with Crippen LogP contribution in [0.3, 0.4) is 0 Å². The Morgan fingerprint density at radius 2 is 2.07 bits per heavy atom. The minimum atomic E-state index is -3.38. The lowest BCUT2D eigenvalue weighted by molar-refractivity contribution is -0.141. The summed E-state index contributed by atoms with van der Waals surface area (Å²) in [5, 5.41) is 1.90. The number of thiazole rings is 1. The number of carbonyl (C=O) groups excluding carboxylic acids is 2. The third kappa shape index (κ3) is 4.64. The molecule has 28 heavy (non-hydrogen) atoms. The Bertz CT molecular complexity index is 1230. The molecule has 3 rings (SSSR count).